The topological polar surface area (TPSA) is 20.2 Å². The van der Waals surface area contributed by atoms with Crippen molar-refractivity contribution >= 4 is 11.6 Å². The van der Waals surface area contributed by atoms with Crippen molar-refractivity contribution in [3.63, 3.8) is 0 Å². The van der Waals surface area contributed by atoms with Gasteiger partial charge < -0.3 is 5.11 Å². The molecule has 11 heavy (non-hydrogen) atoms. The molecule has 1 nitrogen and oxygen atoms in total. The first kappa shape index (κ1) is 8.41. The maximum atomic E-state index is 9.36. The molecule has 1 rings (SSSR count). The average Bonchev–Trinajstić information content (AvgIpc) is 1.86. The summed E-state index contributed by atoms with van der Waals surface area (Å²) in [6.45, 7) is 3.70. The highest BCUT2D eigenvalue weighted by molar-refractivity contribution is 6.23. The second-order valence-electron chi connectivity index (χ2n) is 2.99. The maximum absolute atomic E-state index is 9.36. The Labute approximate surface area is 71.6 Å². The quantitative estimate of drug-likeness (QED) is 0.643. The predicted molar refractivity (Wildman–Crippen MR) is 47.0 cm³/mol. The molecule has 0 aliphatic carbocycles. The van der Waals surface area contributed by atoms with Crippen molar-refractivity contribution in [2.45, 2.75) is 18.7 Å². The summed E-state index contributed by atoms with van der Waals surface area (Å²) in [5.74, 6) is 0.257. The SMILES string of the molecule is CC(C)(Cl)c1ccccc1O. The van der Waals surface area contributed by atoms with E-state index in [2.05, 4.69) is 0 Å². The van der Waals surface area contributed by atoms with Crippen molar-refractivity contribution in [2.75, 3.05) is 0 Å². The molecule has 0 saturated carbocycles. The van der Waals surface area contributed by atoms with Crippen LogP contribution in [0, 0.1) is 0 Å². The molecule has 0 amide bonds. The maximum Gasteiger partial charge on any atom is 0.120 e. The summed E-state index contributed by atoms with van der Waals surface area (Å²) < 4.78 is 0. The Morgan fingerprint density at radius 1 is 1.27 bits per heavy atom. The van der Waals surface area contributed by atoms with Crippen LogP contribution in [0.3, 0.4) is 0 Å². The number of hydrogen-bond acceptors (Lipinski definition) is 1. The molecule has 1 aromatic carbocycles. The van der Waals surface area contributed by atoms with Crippen LogP contribution in [-0.2, 0) is 4.87 Å². The van der Waals surface area contributed by atoms with Crippen LogP contribution in [0.2, 0.25) is 0 Å². The van der Waals surface area contributed by atoms with E-state index in [0.29, 0.717) is 0 Å². The largest absolute Gasteiger partial charge is 0.508 e. The fourth-order valence-corrected chi connectivity index (χ4v) is 1.14. The van der Waals surface area contributed by atoms with Gasteiger partial charge in [-0.1, -0.05) is 18.2 Å². The molecule has 0 saturated heterocycles. The highest BCUT2D eigenvalue weighted by Crippen LogP contribution is 2.33. The normalized spacial score (nSPS) is 11.5. The minimum absolute atomic E-state index is 0.257. The fourth-order valence-electron chi connectivity index (χ4n) is 0.976. The van der Waals surface area contributed by atoms with Gasteiger partial charge in [0, 0.05) is 5.56 Å². The Balaban J connectivity index is 3.14. The van der Waals surface area contributed by atoms with Gasteiger partial charge in [-0.15, -0.1) is 11.6 Å². The molecular weight excluding hydrogens is 160 g/mol. The van der Waals surface area contributed by atoms with Gasteiger partial charge in [0.1, 0.15) is 5.75 Å². The lowest BCUT2D eigenvalue weighted by molar-refractivity contribution is 0.461. The summed E-state index contributed by atoms with van der Waals surface area (Å²) in [6, 6.07) is 7.10. The molecule has 0 bridgehead atoms. The van der Waals surface area contributed by atoms with Gasteiger partial charge >= 0.3 is 0 Å². The smallest absolute Gasteiger partial charge is 0.120 e. The van der Waals surface area contributed by atoms with Crippen LogP contribution in [0.1, 0.15) is 19.4 Å². The van der Waals surface area contributed by atoms with E-state index >= 15 is 0 Å². The fraction of sp³-hybridized carbons (Fsp3) is 0.333. The second kappa shape index (κ2) is 2.74. The van der Waals surface area contributed by atoms with Crippen LogP contribution in [0.5, 0.6) is 5.75 Å². The summed E-state index contributed by atoms with van der Waals surface area (Å²) in [5, 5.41) is 9.36. The summed E-state index contributed by atoms with van der Waals surface area (Å²) >= 11 is 6.00. The molecule has 60 valence electrons. The zero-order valence-electron chi connectivity index (χ0n) is 6.63. The first-order chi connectivity index (χ1) is 5.02. The van der Waals surface area contributed by atoms with Crippen molar-refractivity contribution < 1.29 is 5.11 Å². The number of para-hydroxylation sites is 1. The van der Waals surface area contributed by atoms with E-state index in [1.165, 1.54) is 0 Å². The molecule has 0 aromatic heterocycles. The first-order valence-corrected chi connectivity index (χ1v) is 3.87. The lowest BCUT2D eigenvalue weighted by Crippen LogP contribution is -2.06. The molecule has 0 radical (unpaired) electrons. The van der Waals surface area contributed by atoms with Crippen LogP contribution >= 0.6 is 11.6 Å². The zero-order chi connectivity index (χ0) is 8.48. The van der Waals surface area contributed by atoms with Gasteiger partial charge in [-0.05, 0) is 19.9 Å². The Morgan fingerprint density at radius 3 is 2.18 bits per heavy atom. The second-order valence-corrected chi connectivity index (χ2v) is 3.93. The van der Waals surface area contributed by atoms with Crippen molar-refractivity contribution in [3.05, 3.63) is 29.8 Å². The number of phenolic OH excluding ortho intramolecular Hbond substituents is 1. The number of hydrogen-bond donors (Lipinski definition) is 1. The van der Waals surface area contributed by atoms with E-state index in [4.69, 9.17) is 11.6 Å². The van der Waals surface area contributed by atoms with E-state index in [1.54, 1.807) is 12.1 Å². The molecule has 1 aromatic rings. The van der Waals surface area contributed by atoms with Gasteiger partial charge in [0.05, 0.1) is 4.87 Å². The van der Waals surface area contributed by atoms with Gasteiger partial charge in [0.25, 0.3) is 0 Å². The highest BCUT2D eigenvalue weighted by atomic mass is 35.5. The van der Waals surface area contributed by atoms with Crippen molar-refractivity contribution in [2.24, 2.45) is 0 Å². The summed E-state index contributed by atoms with van der Waals surface area (Å²) in [7, 11) is 0. The van der Waals surface area contributed by atoms with Crippen LogP contribution in [-0.4, -0.2) is 5.11 Å². The minimum atomic E-state index is -0.495. The molecule has 0 heterocycles. The van der Waals surface area contributed by atoms with Gasteiger partial charge in [0.2, 0.25) is 0 Å². The van der Waals surface area contributed by atoms with Crippen LogP contribution in [0.25, 0.3) is 0 Å². The van der Waals surface area contributed by atoms with Gasteiger partial charge in [0.15, 0.2) is 0 Å². The predicted octanol–water partition coefficient (Wildman–Crippen LogP) is 2.87. The van der Waals surface area contributed by atoms with Gasteiger partial charge in [-0.3, -0.25) is 0 Å². The number of benzene rings is 1. The average molecular weight is 171 g/mol. The van der Waals surface area contributed by atoms with Crippen LogP contribution < -0.4 is 0 Å². The molecule has 1 N–H and O–H groups in total. The number of rotatable bonds is 1. The molecule has 0 fully saturated rings. The standard InChI is InChI=1S/C9H11ClO/c1-9(2,10)7-5-3-4-6-8(7)11/h3-6,11H,1-2H3. The van der Waals surface area contributed by atoms with Gasteiger partial charge in [-0.2, -0.15) is 0 Å². The summed E-state index contributed by atoms with van der Waals surface area (Å²) in [4.78, 5) is -0.495. The third-order valence-electron chi connectivity index (χ3n) is 1.54. The number of halogens is 1. The molecule has 0 spiro atoms. The number of alkyl halides is 1. The Morgan fingerprint density at radius 2 is 1.82 bits per heavy atom. The lowest BCUT2D eigenvalue weighted by atomic mass is 10.0. The van der Waals surface area contributed by atoms with E-state index < -0.39 is 4.87 Å². The van der Waals surface area contributed by atoms with Crippen LogP contribution in [0.15, 0.2) is 24.3 Å². The first-order valence-electron chi connectivity index (χ1n) is 3.49. The Bertz CT molecular complexity index is 250. The van der Waals surface area contributed by atoms with Crippen molar-refractivity contribution in [1.29, 1.82) is 0 Å². The van der Waals surface area contributed by atoms with E-state index in [1.807, 2.05) is 26.0 Å². The molecular formula is C9H11ClO. The molecule has 0 aliphatic rings. The third-order valence-corrected chi connectivity index (χ3v) is 1.75. The van der Waals surface area contributed by atoms with E-state index in [-0.39, 0.29) is 5.75 Å². The van der Waals surface area contributed by atoms with E-state index in [0.717, 1.165) is 5.56 Å². The third kappa shape index (κ3) is 1.87. The summed E-state index contributed by atoms with van der Waals surface area (Å²) in [5.41, 5.74) is 0.765. The Hall–Kier alpha value is -0.690. The number of aromatic hydroxyl groups is 1. The summed E-state index contributed by atoms with van der Waals surface area (Å²) in [6.07, 6.45) is 0. The zero-order valence-corrected chi connectivity index (χ0v) is 7.39. The highest BCUT2D eigenvalue weighted by Gasteiger charge is 2.19. The molecule has 0 aliphatic heterocycles. The molecule has 0 atom stereocenters. The van der Waals surface area contributed by atoms with Crippen molar-refractivity contribution in [3.8, 4) is 5.75 Å². The lowest BCUT2D eigenvalue weighted by Gasteiger charge is -2.16. The monoisotopic (exact) mass is 170 g/mol. The molecule has 0 unspecified atom stereocenters. The van der Waals surface area contributed by atoms with Gasteiger partial charge in [-0.25, -0.2) is 0 Å². The molecule has 2 heteroatoms. The Kier molecular flexibility index (Phi) is 2.10. The number of phenols is 1. The minimum Gasteiger partial charge on any atom is -0.508 e. The van der Waals surface area contributed by atoms with E-state index in [9.17, 15) is 5.11 Å². The van der Waals surface area contributed by atoms with Crippen LogP contribution in [0.4, 0.5) is 0 Å². The van der Waals surface area contributed by atoms with Crippen molar-refractivity contribution in [1.82, 2.24) is 0 Å².